The van der Waals surface area contributed by atoms with Crippen LogP contribution in [0.15, 0.2) is 87.9 Å². The molecule has 2 N–H and O–H groups in total. The molecule has 1 aliphatic rings. The third-order valence-electron chi connectivity index (χ3n) is 6.31. The number of hydrogen-bond donors (Lipinski definition) is 2. The highest BCUT2D eigenvalue weighted by Gasteiger charge is 2.41. The summed E-state index contributed by atoms with van der Waals surface area (Å²) in [5.41, 5.74) is 2.92. The Kier molecular flexibility index (Phi) is 7.34. The minimum Gasteiger partial charge on any atom is -0.459 e. The lowest BCUT2D eigenvalue weighted by molar-refractivity contribution is -0.116. The molecule has 1 saturated heterocycles. The third kappa shape index (κ3) is 5.42. The van der Waals surface area contributed by atoms with E-state index in [0.29, 0.717) is 33.2 Å². The van der Waals surface area contributed by atoms with E-state index in [9.17, 15) is 9.18 Å². The average molecular weight is 579 g/mol. The molecule has 37 heavy (non-hydrogen) atoms. The van der Waals surface area contributed by atoms with E-state index in [4.69, 9.17) is 16.6 Å². The van der Waals surface area contributed by atoms with E-state index in [1.165, 1.54) is 6.07 Å². The van der Waals surface area contributed by atoms with Crippen molar-refractivity contribution in [2.24, 2.45) is 0 Å². The lowest BCUT2D eigenvalue weighted by atomic mass is 10.0. The molecule has 5 rings (SSSR count). The van der Waals surface area contributed by atoms with Crippen molar-refractivity contribution in [3.63, 3.8) is 0 Å². The van der Waals surface area contributed by atoms with Gasteiger partial charge in [-0.25, -0.2) is 4.39 Å². The highest BCUT2D eigenvalue weighted by Crippen LogP contribution is 2.41. The summed E-state index contributed by atoms with van der Waals surface area (Å²) in [6, 6.07) is 21.1. The molecule has 1 fully saturated rings. The van der Waals surface area contributed by atoms with Gasteiger partial charge in [0.25, 0.3) is 0 Å². The Bertz CT molecular complexity index is 1450. The minimum absolute atomic E-state index is 0.116. The van der Waals surface area contributed by atoms with Gasteiger partial charge in [0, 0.05) is 29.3 Å². The number of aryl methyl sites for hydroxylation is 1. The quantitative estimate of drug-likeness (QED) is 0.242. The lowest BCUT2D eigenvalue weighted by Gasteiger charge is -2.26. The minimum atomic E-state index is -0.388. The normalized spacial score (nSPS) is 17.1. The van der Waals surface area contributed by atoms with Crippen molar-refractivity contribution in [1.82, 2.24) is 15.2 Å². The lowest BCUT2D eigenvalue weighted by Crippen LogP contribution is -2.32. The number of furan rings is 1. The average Bonchev–Trinajstić information content (AvgIpc) is 3.49. The molecule has 0 saturated carbocycles. The number of rotatable bonds is 7. The summed E-state index contributed by atoms with van der Waals surface area (Å²) >= 11 is 8.97. The van der Waals surface area contributed by atoms with Gasteiger partial charge in [0.15, 0.2) is 5.11 Å². The van der Waals surface area contributed by atoms with Crippen molar-refractivity contribution in [2.45, 2.75) is 25.4 Å². The van der Waals surface area contributed by atoms with E-state index in [1.807, 2.05) is 60.4 Å². The first-order chi connectivity index (χ1) is 17.9. The maximum Gasteiger partial charge on any atom is 0.226 e. The van der Waals surface area contributed by atoms with E-state index < -0.39 is 0 Å². The van der Waals surface area contributed by atoms with E-state index >= 15 is 0 Å². The highest BCUT2D eigenvalue weighted by atomic mass is 79.9. The number of carbonyl (C=O) groups excluding carboxylic acids is 1. The van der Waals surface area contributed by atoms with E-state index in [0.717, 1.165) is 16.9 Å². The largest absolute Gasteiger partial charge is 0.459 e. The van der Waals surface area contributed by atoms with Crippen LogP contribution in [0.4, 0.5) is 10.1 Å². The van der Waals surface area contributed by atoms with Crippen LogP contribution in [0.2, 0.25) is 0 Å². The Balaban J connectivity index is 1.42. The monoisotopic (exact) mass is 578 g/mol. The Morgan fingerprint density at radius 2 is 1.97 bits per heavy atom. The summed E-state index contributed by atoms with van der Waals surface area (Å²) < 4.78 is 21.5. The molecule has 2 aromatic carbocycles. The Morgan fingerprint density at radius 3 is 2.73 bits per heavy atom. The Labute approximate surface area is 228 Å². The van der Waals surface area contributed by atoms with Gasteiger partial charge in [0.05, 0.1) is 17.3 Å². The molecular formula is C28H24BrFN4O2S. The number of nitrogens with one attached hydrogen (secondary N) is 2. The number of carbonyl (C=O) groups is 1. The number of halogens is 2. The van der Waals surface area contributed by atoms with Crippen molar-refractivity contribution >= 4 is 44.9 Å². The van der Waals surface area contributed by atoms with Gasteiger partial charge in [-0.2, -0.15) is 0 Å². The molecule has 0 radical (unpaired) electrons. The second-order valence-electron chi connectivity index (χ2n) is 8.76. The zero-order valence-corrected chi connectivity index (χ0v) is 22.4. The van der Waals surface area contributed by atoms with Crippen LogP contribution in [0.25, 0.3) is 11.3 Å². The van der Waals surface area contributed by atoms with E-state index in [1.54, 1.807) is 24.4 Å². The van der Waals surface area contributed by atoms with Crippen molar-refractivity contribution in [2.75, 3.05) is 11.9 Å². The molecule has 9 heteroatoms. The number of nitrogens with zero attached hydrogens (tertiary/aromatic N) is 2. The van der Waals surface area contributed by atoms with Crippen molar-refractivity contribution < 1.29 is 13.6 Å². The standard InChI is InChI=1S/C28H24BrFN4O2S/c1-17-6-2-3-7-21(17)32-25(35)13-15-34-27(26(33-28(34)37)22-8-4-5-14-31-22)24-12-11-23(36-24)19-10-9-18(29)16-20(19)30/h2-12,14,16,26-27H,13,15H2,1H3,(H,32,35)(H,33,37)/t26-,27+/m1/s1. The highest BCUT2D eigenvalue weighted by molar-refractivity contribution is 9.10. The van der Waals surface area contributed by atoms with Gasteiger partial charge < -0.3 is 20.0 Å². The fourth-order valence-corrected chi connectivity index (χ4v) is 5.11. The van der Waals surface area contributed by atoms with Gasteiger partial charge in [-0.1, -0.05) is 40.2 Å². The van der Waals surface area contributed by atoms with Crippen molar-refractivity contribution in [3.05, 3.63) is 106 Å². The van der Waals surface area contributed by atoms with Gasteiger partial charge in [-0.3, -0.25) is 9.78 Å². The predicted molar refractivity (Wildman–Crippen MR) is 148 cm³/mol. The molecule has 0 aliphatic carbocycles. The zero-order valence-electron chi connectivity index (χ0n) is 19.9. The number of thiocarbonyl (C=S) groups is 1. The predicted octanol–water partition coefficient (Wildman–Crippen LogP) is 6.55. The molecule has 1 aliphatic heterocycles. The number of para-hydroxylation sites is 1. The van der Waals surface area contributed by atoms with Gasteiger partial charge in [-0.15, -0.1) is 0 Å². The van der Waals surface area contributed by atoms with Gasteiger partial charge >= 0.3 is 0 Å². The number of pyridine rings is 1. The molecule has 1 amide bonds. The SMILES string of the molecule is Cc1ccccc1NC(=O)CCN1C(=S)N[C@H](c2ccccn2)[C@@H]1c1ccc(-c2ccc(Br)cc2F)o1. The first-order valence-corrected chi connectivity index (χ1v) is 13.0. The summed E-state index contributed by atoms with van der Waals surface area (Å²) in [6.45, 7) is 2.31. The Hall–Kier alpha value is -3.56. The van der Waals surface area contributed by atoms with E-state index in [2.05, 4.69) is 31.5 Å². The first kappa shape index (κ1) is 25.1. The molecule has 188 valence electrons. The van der Waals surface area contributed by atoms with Crippen LogP contribution in [0, 0.1) is 12.7 Å². The molecule has 4 aromatic rings. The number of anilines is 1. The molecular weight excluding hydrogens is 555 g/mol. The molecule has 3 heterocycles. The van der Waals surface area contributed by atoms with Crippen LogP contribution in [0.1, 0.15) is 35.5 Å². The summed E-state index contributed by atoms with van der Waals surface area (Å²) in [5.74, 6) is 0.505. The van der Waals surface area contributed by atoms with Crippen LogP contribution in [0.5, 0.6) is 0 Å². The summed E-state index contributed by atoms with van der Waals surface area (Å²) in [5, 5.41) is 6.81. The summed E-state index contributed by atoms with van der Waals surface area (Å²) in [6.07, 6.45) is 1.94. The van der Waals surface area contributed by atoms with E-state index in [-0.39, 0.29) is 30.2 Å². The molecule has 2 aromatic heterocycles. The second kappa shape index (κ2) is 10.8. The third-order valence-corrected chi connectivity index (χ3v) is 7.16. The van der Waals surface area contributed by atoms with Gasteiger partial charge in [-0.05, 0) is 73.2 Å². The topological polar surface area (TPSA) is 70.4 Å². The summed E-state index contributed by atoms with van der Waals surface area (Å²) in [7, 11) is 0. The maximum atomic E-state index is 14.6. The van der Waals surface area contributed by atoms with Crippen LogP contribution >= 0.6 is 28.1 Å². The number of benzene rings is 2. The molecule has 6 nitrogen and oxygen atoms in total. The number of aromatic nitrogens is 1. The van der Waals surface area contributed by atoms with Crippen LogP contribution in [0.3, 0.4) is 0 Å². The molecule has 0 unspecified atom stereocenters. The molecule has 0 bridgehead atoms. The fraction of sp³-hybridized carbons (Fsp3) is 0.179. The zero-order chi connectivity index (χ0) is 25.9. The molecule has 0 spiro atoms. The van der Waals surface area contributed by atoms with Gasteiger partial charge in [0.2, 0.25) is 5.91 Å². The van der Waals surface area contributed by atoms with Crippen LogP contribution in [-0.4, -0.2) is 27.4 Å². The van der Waals surface area contributed by atoms with Crippen LogP contribution in [-0.2, 0) is 4.79 Å². The van der Waals surface area contributed by atoms with Crippen LogP contribution < -0.4 is 10.6 Å². The second-order valence-corrected chi connectivity index (χ2v) is 10.1. The Morgan fingerprint density at radius 1 is 1.16 bits per heavy atom. The van der Waals surface area contributed by atoms with Gasteiger partial charge in [0.1, 0.15) is 23.4 Å². The smallest absolute Gasteiger partial charge is 0.226 e. The number of amides is 1. The maximum absolute atomic E-state index is 14.6. The first-order valence-electron chi connectivity index (χ1n) is 11.8. The summed E-state index contributed by atoms with van der Waals surface area (Å²) in [4.78, 5) is 19.3. The fourth-order valence-electron chi connectivity index (χ4n) is 4.45. The van der Waals surface area contributed by atoms with Crippen molar-refractivity contribution in [3.8, 4) is 11.3 Å². The molecule has 2 atom stereocenters. The van der Waals surface area contributed by atoms with Crippen molar-refractivity contribution in [1.29, 1.82) is 0 Å². The number of hydrogen-bond acceptors (Lipinski definition) is 4.